The maximum atomic E-state index is 12.9. The molecule has 0 aromatic heterocycles. The lowest BCUT2D eigenvalue weighted by Gasteiger charge is -2.13. The normalized spacial score (nSPS) is 10.5. The first-order valence-electron chi connectivity index (χ1n) is 7.24. The van der Waals surface area contributed by atoms with E-state index < -0.39 is 10.5 Å². The summed E-state index contributed by atoms with van der Waals surface area (Å²) in [6.45, 7) is 0. The van der Waals surface area contributed by atoms with Crippen LogP contribution in [0.1, 0.15) is 10.4 Å². The van der Waals surface area contributed by atoms with E-state index in [0.717, 1.165) is 9.79 Å². The van der Waals surface area contributed by atoms with Gasteiger partial charge in [-0.3, -0.25) is 4.79 Å². The van der Waals surface area contributed by atoms with Gasteiger partial charge in [0.1, 0.15) is 0 Å². The van der Waals surface area contributed by atoms with E-state index in [1.54, 1.807) is 0 Å². The van der Waals surface area contributed by atoms with Crippen molar-refractivity contribution in [2.75, 3.05) is 0 Å². The third-order valence-electron chi connectivity index (χ3n) is 3.35. The Kier molecular flexibility index (Phi) is 5.21. The lowest BCUT2D eigenvalue weighted by atomic mass is 10.2. The summed E-state index contributed by atoms with van der Waals surface area (Å²) in [6, 6.07) is 29.6. The molecule has 0 aliphatic rings. The molecule has 3 heteroatoms. The van der Waals surface area contributed by atoms with Gasteiger partial charge in [-0.15, -0.1) is 10.5 Å². The number of ketones is 1. The van der Waals surface area contributed by atoms with Crippen LogP contribution in [0, 0.1) is 0 Å². The van der Waals surface area contributed by atoms with Gasteiger partial charge >= 0.3 is 0 Å². The minimum atomic E-state index is -0.443. The van der Waals surface area contributed by atoms with E-state index in [2.05, 4.69) is 40.2 Å². The minimum Gasteiger partial charge on any atom is -0.287 e. The summed E-state index contributed by atoms with van der Waals surface area (Å²) < 4.78 is 0.682. The maximum Gasteiger partial charge on any atom is 0.206 e. The predicted molar refractivity (Wildman–Crippen MR) is 102 cm³/mol. The molecular weight excluding hydrogens is 368 g/mol. The van der Waals surface area contributed by atoms with Gasteiger partial charge in [0, 0.05) is 15.4 Å². The highest BCUT2D eigenvalue weighted by Crippen LogP contribution is 2.39. The monoisotopic (exact) mass is 382 g/mol. The van der Waals surface area contributed by atoms with Crippen LogP contribution in [0.5, 0.6) is 0 Å². The molecule has 0 atom stereocenters. The van der Waals surface area contributed by atoms with Crippen molar-refractivity contribution in [1.29, 1.82) is 0 Å². The number of hydrogen-bond acceptors (Lipinski definition) is 1. The predicted octanol–water partition coefficient (Wildman–Crippen LogP) is 5.78. The van der Waals surface area contributed by atoms with E-state index in [4.69, 9.17) is 0 Å². The van der Waals surface area contributed by atoms with Gasteiger partial charge in [-0.1, -0.05) is 66.7 Å². The van der Waals surface area contributed by atoms with Crippen LogP contribution < -0.4 is 0 Å². The van der Waals surface area contributed by atoms with E-state index in [-0.39, 0.29) is 5.78 Å². The highest BCUT2D eigenvalue weighted by Gasteiger charge is 2.16. The van der Waals surface area contributed by atoms with Crippen LogP contribution in [0.25, 0.3) is 0 Å². The van der Waals surface area contributed by atoms with Crippen molar-refractivity contribution in [3.63, 3.8) is 0 Å². The Hall–Kier alpha value is -1.97. The Labute approximate surface area is 147 Å². The zero-order valence-electron chi connectivity index (χ0n) is 12.4. The lowest BCUT2D eigenvalue weighted by molar-refractivity contribution is 0.107. The Balaban J connectivity index is 2.16. The average Bonchev–Trinajstić information content (AvgIpc) is 2.64. The van der Waals surface area contributed by atoms with Crippen molar-refractivity contribution < 1.29 is 4.79 Å². The van der Waals surface area contributed by atoms with Crippen LogP contribution in [0.15, 0.2) is 101 Å². The van der Waals surface area contributed by atoms with Crippen LogP contribution in [0.3, 0.4) is 0 Å². The van der Waals surface area contributed by atoms with Gasteiger partial charge in [-0.05, 0) is 40.2 Å². The van der Waals surface area contributed by atoms with Gasteiger partial charge in [-0.25, -0.2) is 0 Å². The van der Waals surface area contributed by atoms with Gasteiger partial charge in [0.2, 0.25) is 5.78 Å². The molecule has 0 aliphatic heterocycles. The fourth-order valence-electron chi connectivity index (χ4n) is 2.25. The van der Waals surface area contributed by atoms with Gasteiger partial charge in [-0.2, -0.15) is 0 Å². The summed E-state index contributed by atoms with van der Waals surface area (Å²) in [6.07, 6.45) is 0. The van der Waals surface area contributed by atoms with Gasteiger partial charge in [0.25, 0.3) is 0 Å². The molecule has 23 heavy (non-hydrogen) atoms. The smallest absolute Gasteiger partial charge is 0.206 e. The zero-order chi connectivity index (χ0) is 16.1. The fourth-order valence-corrected chi connectivity index (χ4v) is 5.45. The first kappa shape index (κ1) is 15.9. The summed E-state index contributed by atoms with van der Waals surface area (Å²) in [4.78, 5) is 15.1. The molecule has 0 amide bonds. The first-order valence-corrected chi connectivity index (χ1v) is 9.26. The summed E-state index contributed by atoms with van der Waals surface area (Å²) in [5, 5.41) is 0. The minimum absolute atomic E-state index is 0.0293. The number of rotatable bonds is 4. The molecule has 0 aliphatic carbocycles. The Morgan fingerprint density at radius 2 is 1.04 bits per heavy atom. The average molecular weight is 383 g/mol. The molecule has 1 nitrogen and oxygen atoms in total. The van der Waals surface area contributed by atoms with Crippen molar-refractivity contribution in [2.24, 2.45) is 0 Å². The summed E-state index contributed by atoms with van der Waals surface area (Å²) in [7, 11) is -0.443. The van der Waals surface area contributed by atoms with Gasteiger partial charge < -0.3 is 0 Å². The topological polar surface area (TPSA) is 17.1 Å². The summed E-state index contributed by atoms with van der Waals surface area (Å²) in [5.41, 5.74) is 0.698. The Morgan fingerprint density at radius 3 is 1.48 bits per heavy atom. The van der Waals surface area contributed by atoms with Crippen LogP contribution in [-0.2, 0) is 0 Å². The van der Waals surface area contributed by atoms with Gasteiger partial charge in [0.05, 0.1) is 3.77 Å². The molecule has 0 heterocycles. The molecule has 0 fully saturated rings. The van der Waals surface area contributed by atoms with E-state index >= 15 is 0 Å². The Bertz CT molecular complexity index is 786. The number of carbonyl (C=O) groups is 1. The Morgan fingerprint density at radius 1 is 0.652 bits per heavy atom. The number of carbonyl (C=O) groups excluding carboxylic acids is 1. The van der Waals surface area contributed by atoms with E-state index in [1.807, 2.05) is 66.7 Å². The molecular formula is C20H15BrOS. The molecule has 0 radical (unpaired) electrons. The van der Waals surface area contributed by atoms with Crippen molar-refractivity contribution in [3.05, 3.63) is 96.6 Å². The van der Waals surface area contributed by atoms with E-state index in [1.165, 1.54) is 0 Å². The second-order valence-corrected chi connectivity index (χ2v) is 8.18. The molecule has 0 saturated carbocycles. The van der Waals surface area contributed by atoms with Gasteiger partial charge in [0.15, 0.2) is 0 Å². The van der Waals surface area contributed by atoms with Crippen LogP contribution >= 0.6 is 26.4 Å². The highest BCUT2D eigenvalue weighted by atomic mass is 79.9. The molecule has 114 valence electrons. The number of benzene rings is 3. The lowest BCUT2D eigenvalue weighted by Crippen LogP contribution is -2.08. The first-order chi connectivity index (χ1) is 11.3. The summed E-state index contributed by atoms with van der Waals surface area (Å²) >= 11 is 3.60. The van der Waals surface area contributed by atoms with Crippen molar-refractivity contribution in [3.8, 4) is 0 Å². The third-order valence-corrected chi connectivity index (χ3v) is 6.71. The van der Waals surface area contributed by atoms with Crippen LogP contribution in [-0.4, -0.2) is 9.56 Å². The number of hydrogen-bond donors (Lipinski definition) is 0. The van der Waals surface area contributed by atoms with E-state index in [0.29, 0.717) is 9.34 Å². The zero-order valence-corrected chi connectivity index (χ0v) is 14.8. The molecule has 0 spiro atoms. The highest BCUT2D eigenvalue weighted by molar-refractivity contribution is 9.21. The number of Topliss-reactive ketones (excluding diaryl/α,β-unsaturated/α-hetero) is 1. The van der Waals surface area contributed by atoms with Crippen molar-refractivity contribution in [1.82, 2.24) is 0 Å². The van der Waals surface area contributed by atoms with Crippen molar-refractivity contribution in [2.45, 2.75) is 9.79 Å². The van der Waals surface area contributed by atoms with E-state index in [9.17, 15) is 4.79 Å². The molecule has 3 rings (SSSR count). The third kappa shape index (κ3) is 3.69. The quantitative estimate of drug-likeness (QED) is 0.317. The molecule has 0 unspecified atom stereocenters. The number of halogens is 1. The molecule has 0 bridgehead atoms. The molecule has 0 saturated heterocycles. The fraction of sp³-hybridized carbons (Fsp3) is 0. The molecule has 3 aromatic rings. The second kappa shape index (κ2) is 7.53. The largest absolute Gasteiger partial charge is 0.287 e. The standard InChI is InChI=1S/C20H15BrOS/c21-20(19(22)16-10-4-1-5-11-16)23(17-12-6-2-7-13-17)18-14-8-3-9-15-18/h1-15H. The van der Waals surface area contributed by atoms with Crippen LogP contribution in [0.2, 0.25) is 0 Å². The second-order valence-electron chi connectivity index (χ2n) is 4.90. The summed E-state index contributed by atoms with van der Waals surface area (Å²) in [5.74, 6) is 0.0293. The SMILES string of the molecule is O=C(C(Br)=S(c1ccccc1)c1ccccc1)c1ccccc1. The van der Waals surface area contributed by atoms with Crippen LogP contribution in [0.4, 0.5) is 0 Å². The molecule has 0 N–H and O–H groups in total. The van der Waals surface area contributed by atoms with Crippen molar-refractivity contribution >= 4 is 36.0 Å². The maximum absolute atomic E-state index is 12.9. The molecule has 3 aromatic carbocycles.